The van der Waals surface area contributed by atoms with Gasteiger partial charge in [-0.2, -0.15) is 0 Å². The zero-order chi connectivity index (χ0) is 13.7. The Morgan fingerprint density at radius 3 is 1.71 bits per heavy atom. The standard InChI is InChI=1S/C14H27NO2/c1-9(2)12(11(5)16)8-13(17)14(10(3)4)15(6)7/h9-10,12,14H,8H2,1-7H3. The first-order valence-electron chi connectivity index (χ1n) is 6.38. The van der Waals surface area contributed by atoms with E-state index in [1.807, 2.05) is 46.7 Å². The molecule has 0 rings (SSSR count). The summed E-state index contributed by atoms with van der Waals surface area (Å²) >= 11 is 0. The molecule has 0 saturated heterocycles. The molecule has 0 saturated carbocycles. The third kappa shape index (κ3) is 4.99. The van der Waals surface area contributed by atoms with E-state index in [4.69, 9.17) is 0 Å². The van der Waals surface area contributed by atoms with Gasteiger partial charge >= 0.3 is 0 Å². The smallest absolute Gasteiger partial charge is 0.150 e. The van der Waals surface area contributed by atoms with Crippen LogP contribution in [0.25, 0.3) is 0 Å². The molecule has 0 aromatic rings. The van der Waals surface area contributed by atoms with Crippen LogP contribution >= 0.6 is 0 Å². The van der Waals surface area contributed by atoms with Crippen molar-refractivity contribution in [3.63, 3.8) is 0 Å². The van der Waals surface area contributed by atoms with Gasteiger partial charge in [0, 0.05) is 12.3 Å². The molecule has 0 amide bonds. The summed E-state index contributed by atoms with van der Waals surface area (Å²) in [6.45, 7) is 9.66. The fourth-order valence-corrected chi connectivity index (χ4v) is 2.44. The molecule has 0 bridgehead atoms. The molecule has 0 spiro atoms. The number of ketones is 2. The lowest BCUT2D eigenvalue weighted by atomic mass is 9.84. The molecular formula is C14H27NO2. The first kappa shape index (κ1) is 16.3. The maximum absolute atomic E-state index is 12.3. The van der Waals surface area contributed by atoms with E-state index in [1.54, 1.807) is 6.92 Å². The van der Waals surface area contributed by atoms with Gasteiger partial charge in [-0.15, -0.1) is 0 Å². The Bertz CT molecular complexity index is 261. The second-order valence-electron chi connectivity index (χ2n) is 5.78. The zero-order valence-corrected chi connectivity index (χ0v) is 12.3. The zero-order valence-electron chi connectivity index (χ0n) is 12.3. The minimum absolute atomic E-state index is 0.0874. The number of hydrogen-bond donors (Lipinski definition) is 0. The Balaban J connectivity index is 4.75. The predicted octanol–water partition coefficient (Wildman–Crippen LogP) is 2.39. The van der Waals surface area contributed by atoms with Gasteiger partial charge in [0.2, 0.25) is 0 Å². The van der Waals surface area contributed by atoms with E-state index in [-0.39, 0.29) is 35.4 Å². The number of nitrogens with zero attached hydrogens (tertiary/aromatic N) is 1. The van der Waals surface area contributed by atoms with Crippen LogP contribution in [-0.4, -0.2) is 36.6 Å². The van der Waals surface area contributed by atoms with Crippen LogP contribution in [0.15, 0.2) is 0 Å². The van der Waals surface area contributed by atoms with Gasteiger partial charge in [-0.3, -0.25) is 14.5 Å². The number of hydrogen-bond acceptors (Lipinski definition) is 3. The summed E-state index contributed by atoms with van der Waals surface area (Å²) in [5, 5.41) is 0. The Kier molecular flexibility index (Phi) is 6.61. The Hall–Kier alpha value is -0.700. The van der Waals surface area contributed by atoms with Crippen molar-refractivity contribution < 1.29 is 9.59 Å². The summed E-state index contributed by atoms with van der Waals surface area (Å²) in [7, 11) is 3.83. The molecular weight excluding hydrogens is 214 g/mol. The van der Waals surface area contributed by atoms with E-state index in [2.05, 4.69) is 0 Å². The maximum atomic E-state index is 12.3. The molecule has 0 aliphatic rings. The van der Waals surface area contributed by atoms with Gasteiger partial charge in [-0.25, -0.2) is 0 Å². The van der Waals surface area contributed by atoms with Gasteiger partial charge in [-0.1, -0.05) is 27.7 Å². The first-order valence-corrected chi connectivity index (χ1v) is 6.38. The van der Waals surface area contributed by atoms with E-state index >= 15 is 0 Å². The van der Waals surface area contributed by atoms with Crippen molar-refractivity contribution in [1.29, 1.82) is 0 Å². The fourth-order valence-electron chi connectivity index (χ4n) is 2.44. The van der Waals surface area contributed by atoms with Crippen molar-refractivity contribution in [3.05, 3.63) is 0 Å². The highest BCUT2D eigenvalue weighted by molar-refractivity contribution is 5.89. The number of likely N-dealkylation sites (N-methyl/N-ethyl adjacent to an activating group) is 1. The highest BCUT2D eigenvalue weighted by Crippen LogP contribution is 2.20. The van der Waals surface area contributed by atoms with Crippen molar-refractivity contribution in [2.24, 2.45) is 17.8 Å². The third-order valence-corrected chi connectivity index (χ3v) is 3.27. The molecule has 3 nitrogen and oxygen atoms in total. The lowest BCUT2D eigenvalue weighted by Gasteiger charge is -2.28. The second-order valence-corrected chi connectivity index (χ2v) is 5.78. The van der Waals surface area contributed by atoms with Gasteiger partial charge < -0.3 is 0 Å². The minimum atomic E-state index is -0.135. The molecule has 0 N–H and O–H groups in total. The molecule has 0 heterocycles. The number of carbonyl (C=O) groups is 2. The van der Waals surface area contributed by atoms with Crippen LogP contribution in [0.4, 0.5) is 0 Å². The lowest BCUT2D eigenvalue weighted by molar-refractivity contribution is -0.131. The van der Waals surface area contributed by atoms with Crippen molar-refractivity contribution in [2.75, 3.05) is 14.1 Å². The fraction of sp³-hybridized carbons (Fsp3) is 0.857. The molecule has 17 heavy (non-hydrogen) atoms. The van der Waals surface area contributed by atoms with Gasteiger partial charge in [0.1, 0.15) is 5.78 Å². The molecule has 2 unspecified atom stereocenters. The summed E-state index contributed by atoms with van der Waals surface area (Å²) in [6.07, 6.45) is 0.369. The van der Waals surface area contributed by atoms with Crippen molar-refractivity contribution >= 4 is 11.6 Å². The summed E-state index contributed by atoms with van der Waals surface area (Å²) in [6, 6.07) is -0.0874. The van der Waals surface area contributed by atoms with E-state index in [1.165, 1.54) is 0 Å². The van der Waals surface area contributed by atoms with E-state index in [9.17, 15) is 9.59 Å². The van der Waals surface area contributed by atoms with Gasteiger partial charge in [0.05, 0.1) is 6.04 Å². The van der Waals surface area contributed by atoms with Crippen molar-refractivity contribution in [2.45, 2.75) is 47.1 Å². The quantitative estimate of drug-likeness (QED) is 0.687. The second kappa shape index (κ2) is 6.90. The Morgan fingerprint density at radius 2 is 1.47 bits per heavy atom. The van der Waals surface area contributed by atoms with Crippen molar-refractivity contribution in [3.8, 4) is 0 Å². The molecule has 0 radical (unpaired) electrons. The van der Waals surface area contributed by atoms with E-state index in [0.717, 1.165) is 0 Å². The Morgan fingerprint density at radius 1 is 1.00 bits per heavy atom. The lowest BCUT2D eigenvalue weighted by Crippen LogP contribution is -2.41. The summed E-state index contributed by atoms with van der Waals surface area (Å²) in [4.78, 5) is 25.7. The highest BCUT2D eigenvalue weighted by atomic mass is 16.1. The number of rotatable bonds is 7. The topological polar surface area (TPSA) is 37.4 Å². The van der Waals surface area contributed by atoms with Gasteiger partial charge in [-0.05, 0) is 32.9 Å². The first-order chi connectivity index (χ1) is 7.68. The Labute approximate surface area is 106 Å². The molecule has 2 atom stereocenters. The summed E-state index contributed by atoms with van der Waals surface area (Å²) < 4.78 is 0. The average Bonchev–Trinajstić information content (AvgIpc) is 2.11. The molecule has 0 aliphatic heterocycles. The average molecular weight is 241 g/mol. The van der Waals surface area contributed by atoms with E-state index < -0.39 is 0 Å². The van der Waals surface area contributed by atoms with Crippen molar-refractivity contribution in [1.82, 2.24) is 4.90 Å². The largest absolute Gasteiger partial charge is 0.300 e. The molecule has 100 valence electrons. The molecule has 0 aromatic heterocycles. The van der Waals surface area contributed by atoms with Gasteiger partial charge in [0.15, 0.2) is 5.78 Å². The van der Waals surface area contributed by atoms with Crippen LogP contribution in [0.3, 0.4) is 0 Å². The van der Waals surface area contributed by atoms with Crippen LogP contribution in [-0.2, 0) is 9.59 Å². The third-order valence-electron chi connectivity index (χ3n) is 3.27. The SMILES string of the molecule is CC(=O)C(CC(=O)C(C(C)C)N(C)C)C(C)C. The maximum Gasteiger partial charge on any atom is 0.150 e. The number of carbonyl (C=O) groups excluding carboxylic acids is 2. The van der Waals surface area contributed by atoms with Crippen LogP contribution in [0.2, 0.25) is 0 Å². The van der Waals surface area contributed by atoms with E-state index in [0.29, 0.717) is 6.42 Å². The monoisotopic (exact) mass is 241 g/mol. The van der Waals surface area contributed by atoms with Gasteiger partial charge in [0.25, 0.3) is 0 Å². The molecule has 0 aliphatic carbocycles. The van der Waals surface area contributed by atoms with Crippen LogP contribution in [0, 0.1) is 17.8 Å². The number of Topliss-reactive ketones (excluding diaryl/α,β-unsaturated/α-hetero) is 2. The minimum Gasteiger partial charge on any atom is -0.300 e. The van der Waals surface area contributed by atoms with Crippen LogP contribution in [0.1, 0.15) is 41.0 Å². The highest BCUT2D eigenvalue weighted by Gasteiger charge is 2.29. The molecule has 3 heteroatoms. The summed E-state index contributed by atoms with van der Waals surface area (Å²) in [5.41, 5.74) is 0. The molecule has 0 fully saturated rings. The normalized spacial score (nSPS) is 15.4. The van der Waals surface area contributed by atoms with Crippen LogP contribution < -0.4 is 0 Å². The van der Waals surface area contributed by atoms with Crippen LogP contribution in [0.5, 0.6) is 0 Å². The molecule has 0 aromatic carbocycles. The predicted molar refractivity (Wildman–Crippen MR) is 70.9 cm³/mol. The summed E-state index contributed by atoms with van der Waals surface area (Å²) in [5.74, 6) is 0.668.